The highest BCUT2D eigenvalue weighted by Crippen LogP contribution is 2.53. The molecule has 0 spiro atoms. The lowest BCUT2D eigenvalue weighted by atomic mass is 9.93. The number of carbonyl (C=O) groups is 2. The summed E-state index contributed by atoms with van der Waals surface area (Å²) in [5.41, 5.74) is 3.92. The Balaban J connectivity index is 2.30. The van der Waals surface area contributed by atoms with E-state index < -0.39 is 54.6 Å². The van der Waals surface area contributed by atoms with Gasteiger partial charge in [-0.15, -0.1) is 0 Å². The van der Waals surface area contributed by atoms with Crippen LogP contribution in [0.3, 0.4) is 0 Å². The Morgan fingerprint density at radius 3 is 1.18 bits per heavy atom. The molecule has 0 bridgehead atoms. The Morgan fingerprint density at radius 2 is 0.941 bits per heavy atom. The van der Waals surface area contributed by atoms with Gasteiger partial charge >= 0.3 is 0 Å². The predicted octanol–water partition coefficient (Wildman–Crippen LogP) is 5.08. The highest BCUT2D eigenvalue weighted by atomic mass is 28.3. The Bertz CT molecular complexity index is 960. The van der Waals surface area contributed by atoms with Gasteiger partial charge in [0.1, 0.15) is 27.0 Å². The lowest BCUT2D eigenvalue weighted by molar-refractivity contribution is -0.117. The first kappa shape index (κ1) is 27.9. The molecular weight excluding hydrogens is 489 g/mol. The zero-order valence-corrected chi connectivity index (χ0v) is 27.4. The molecule has 0 saturated heterocycles. The first-order chi connectivity index (χ1) is 15.0. The Labute approximate surface area is 210 Å². The van der Waals surface area contributed by atoms with Crippen LogP contribution in [0.4, 0.5) is 0 Å². The number of aliphatic hydroxyl groups is 2. The van der Waals surface area contributed by atoms with E-state index in [4.69, 9.17) is 0 Å². The number of rotatable bonds is 6. The minimum atomic E-state index is -2.19. The molecule has 1 aromatic rings. The monoisotopic (exact) mass is 534 g/mol. The van der Waals surface area contributed by atoms with Gasteiger partial charge in [0.2, 0.25) is 0 Å². The Morgan fingerprint density at radius 1 is 0.647 bits per heavy atom. The standard InChI is InChI=1S/C26H46O4Si4/c1-31(2,3)23(27)21-19-14-20-18(13-17(19)15-25(21,29)33(7,8)9)16-26(30,34(10,11)12)22(20)24(28)32(4,5)6/h13-14,21-22,29-30H,15-16H2,1-12H3/t21-,22-,25+,26+/m0/s1. The Hall–Kier alpha value is -0.652. The van der Waals surface area contributed by atoms with Crippen LogP contribution in [-0.4, -0.2) is 63.8 Å². The van der Waals surface area contributed by atoms with E-state index in [0.717, 1.165) is 22.3 Å². The normalized spacial score (nSPS) is 29.7. The molecule has 0 radical (unpaired) electrons. The summed E-state index contributed by atoms with van der Waals surface area (Å²) in [4.78, 5) is 27.7. The van der Waals surface area contributed by atoms with E-state index in [2.05, 4.69) is 90.7 Å². The van der Waals surface area contributed by atoms with Crippen molar-refractivity contribution in [3.63, 3.8) is 0 Å². The van der Waals surface area contributed by atoms with Crippen molar-refractivity contribution in [2.75, 3.05) is 0 Å². The first-order valence-corrected chi connectivity index (χ1v) is 26.7. The molecule has 0 heterocycles. The van der Waals surface area contributed by atoms with E-state index in [-0.39, 0.29) is 10.8 Å². The van der Waals surface area contributed by atoms with Gasteiger partial charge in [-0.1, -0.05) is 90.7 Å². The van der Waals surface area contributed by atoms with Crippen molar-refractivity contribution in [1.29, 1.82) is 0 Å². The molecule has 2 N–H and O–H groups in total. The van der Waals surface area contributed by atoms with Crippen LogP contribution in [0.25, 0.3) is 0 Å². The van der Waals surface area contributed by atoms with Gasteiger partial charge in [-0.25, -0.2) is 0 Å². The second kappa shape index (κ2) is 7.92. The summed E-state index contributed by atoms with van der Waals surface area (Å²) in [5, 5.41) is 22.6. The maximum Gasteiger partial charge on any atom is 0.124 e. The zero-order chi connectivity index (χ0) is 26.4. The number of hydrogen-bond donors (Lipinski definition) is 2. The number of fused-ring (bicyclic) bond motifs is 2. The summed E-state index contributed by atoms with van der Waals surface area (Å²) >= 11 is 0. The fourth-order valence-electron chi connectivity index (χ4n) is 5.85. The van der Waals surface area contributed by atoms with Crippen molar-refractivity contribution in [1.82, 2.24) is 0 Å². The van der Waals surface area contributed by atoms with Crippen molar-refractivity contribution in [3.05, 3.63) is 34.4 Å². The third-order valence-corrected chi connectivity index (χ3v) is 18.2. The molecular formula is C26H46O4Si4. The van der Waals surface area contributed by atoms with Gasteiger partial charge < -0.3 is 19.8 Å². The maximum atomic E-state index is 13.9. The average molecular weight is 535 g/mol. The smallest absolute Gasteiger partial charge is 0.124 e. The van der Waals surface area contributed by atoms with Crippen LogP contribution >= 0.6 is 0 Å². The summed E-state index contributed by atoms with van der Waals surface area (Å²) in [5.74, 6) is -1.07. The van der Waals surface area contributed by atoms with Gasteiger partial charge in [0, 0.05) is 0 Å². The van der Waals surface area contributed by atoms with Crippen LogP contribution in [0.2, 0.25) is 78.6 Å². The molecule has 0 aliphatic heterocycles. The molecule has 4 nitrogen and oxygen atoms in total. The van der Waals surface area contributed by atoms with E-state index in [1.54, 1.807) is 0 Å². The molecule has 0 amide bonds. The average Bonchev–Trinajstić information content (AvgIpc) is 3.06. The molecule has 3 rings (SSSR count). The van der Waals surface area contributed by atoms with Crippen molar-refractivity contribution in [2.24, 2.45) is 0 Å². The van der Waals surface area contributed by atoms with E-state index in [9.17, 15) is 19.8 Å². The van der Waals surface area contributed by atoms with Gasteiger partial charge in [-0.2, -0.15) is 0 Å². The van der Waals surface area contributed by atoms with Crippen LogP contribution in [0.15, 0.2) is 12.1 Å². The molecule has 0 fully saturated rings. The molecule has 0 aromatic heterocycles. The SMILES string of the molecule is C[Si](C)(C)C(=O)[C@@H]1c2cc3c(cc2C[C@@]1(O)[Si](C)(C)C)C[C@@](O)([Si](C)(C)C)[C@@H]3C(=O)[Si](C)(C)C. The first-order valence-electron chi connectivity index (χ1n) is 12.7. The number of carbonyl (C=O) groups excluding carboxylic acids is 2. The number of hydrogen-bond acceptors (Lipinski definition) is 4. The molecule has 0 saturated carbocycles. The molecule has 0 unspecified atom stereocenters. The van der Waals surface area contributed by atoms with Gasteiger partial charge in [0.25, 0.3) is 0 Å². The third-order valence-electron chi connectivity index (χ3n) is 8.50. The van der Waals surface area contributed by atoms with Crippen LogP contribution in [0.5, 0.6) is 0 Å². The van der Waals surface area contributed by atoms with Crippen LogP contribution in [0, 0.1) is 0 Å². The minimum Gasteiger partial charge on any atom is -0.392 e. The van der Waals surface area contributed by atoms with Crippen LogP contribution < -0.4 is 0 Å². The predicted molar refractivity (Wildman–Crippen MR) is 153 cm³/mol. The van der Waals surface area contributed by atoms with Crippen LogP contribution in [-0.2, 0) is 22.4 Å². The van der Waals surface area contributed by atoms with E-state index in [0.29, 0.717) is 12.8 Å². The third kappa shape index (κ3) is 4.16. The Kier molecular flexibility index (Phi) is 6.51. The summed E-state index contributed by atoms with van der Waals surface area (Å²) in [6.45, 7) is 25.3. The maximum absolute atomic E-state index is 13.9. The molecule has 2 aliphatic rings. The van der Waals surface area contributed by atoms with Crippen molar-refractivity contribution >= 4 is 43.1 Å². The fourth-order valence-corrected chi connectivity index (χ4v) is 12.4. The highest BCUT2D eigenvalue weighted by molar-refractivity contribution is 7.05. The van der Waals surface area contributed by atoms with Crippen molar-refractivity contribution < 1.29 is 19.8 Å². The van der Waals surface area contributed by atoms with Gasteiger partial charge in [-0.05, 0) is 35.1 Å². The van der Waals surface area contributed by atoms with Gasteiger partial charge in [0.15, 0.2) is 0 Å². The quantitative estimate of drug-likeness (QED) is 0.499. The zero-order valence-electron chi connectivity index (χ0n) is 23.4. The lowest BCUT2D eigenvalue weighted by Crippen LogP contribution is -2.60. The van der Waals surface area contributed by atoms with Crippen molar-refractivity contribution in [3.8, 4) is 0 Å². The largest absolute Gasteiger partial charge is 0.392 e. The molecule has 8 heteroatoms. The second-order valence-corrected chi connectivity index (χ2v) is 35.8. The minimum absolute atomic E-state index is 0.197. The van der Waals surface area contributed by atoms with Gasteiger partial charge in [-0.3, -0.25) is 0 Å². The second-order valence-electron chi connectivity index (χ2n) is 15.0. The number of benzene rings is 1. The highest BCUT2D eigenvalue weighted by Gasteiger charge is 2.60. The van der Waals surface area contributed by atoms with Crippen molar-refractivity contribution in [2.45, 2.75) is 114 Å². The summed E-state index contributed by atoms with van der Waals surface area (Å²) in [7, 11) is -8.69. The molecule has 1 aromatic carbocycles. The van der Waals surface area contributed by atoms with E-state index >= 15 is 0 Å². The molecule has 34 heavy (non-hydrogen) atoms. The summed E-state index contributed by atoms with van der Waals surface area (Å²) < 4.78 is 0. The molecule has 190 valence electrons. The summed E-state index contributed by atoms with van der Waals surface area (Å²) in [6, 6.07) is 4.21. The fraction of sp³-hybridized carbons (Fsp3) is 0.692. The van der Waals surface area contributed by atoms with E-state index in [1.807, 2.05) is 0 Å². The lowest BCUT2D eigenvalue weighted by Gasteiger charge is -2.42. The topological polar surface area (TPSA) is 74.6 Å². The summed E-state index contributed by atoms with van der Waals surface area (Å²) in [6.07, 6.45) is 0.981. The molecule has 2 aliphatic carbocycles. The molecule has 4 atom stereocenters. The van der Waals surface area contributed by atoms with Gasteiger partial charge in [0.05, 0.1) is 38.4 Å². The van der Waals surface area contributed by atoms with E-state index in [1.165, 1.54) is 0 Å². The van der Waals surface area contributed by atoms with Crippen LogP contribution in [0.1, 0.15) is 34.1 Å².